The summed E-state index contributed by atoms with van der Waals surface area (Å²) in [5.74, 6) is 0.759. The number of nitrogens with one attached hydrogen (secondary N) is 1. The molecule has 2 aromatic rings. The zero-order valence-corrected chi connectivity index (χ0v) is 11.8. The van der Waals surface area contributed by atoms with Crippen LogP contribution in [0.2, 0.25) is 0 Å². The topological polar surface area (TPSA) is 68.8 Å². The summed E-state index contributed by atoms with van der Waals surface area (Å²) in [5, 5.41) is 21.5. The van der Waals surface area contributed by atoms with Crippen LogP contribution in [0.25, 0.3) is 0 Å². The molecule has 21 heavy (non-hydrogen) atoms. The number of para-hydroxylation sites is 1. The Balaban J connectivity index is 2.31. The molecular formula is C17H15N3O. The largest absolute Gasteiger partial charge is 0.494 e. The lowest BCUT2D eigenvalue weighted by atomic mass is 10.1. The van der Waals surface area contributed by atoms with Crippen LogP contribution in [0.3, 0.4) is 0 Å². The van der Waals surface area contributed by atoms with E-state index in [0.717, 1.165) is 17.9 Å². The van der Waals surface area contributed by atoms with Gasteiger partial charge in [-0.2, -0.15) is 10.5 Å². The number of nitriles is 2. The number of anilines is 2. The van der Waals surface area contributed by atoms with E-state index in [4.69, 9.17) is 15.3 Å². The monoisotopic (exact) mass is 277 g/mol. The van der Waals surface area contributed by atoms with Gasteiger partial charge in [0.05, 0.1) is 23.4 Å². The minimum absolute atomic E-state index is 0.439. The molecule has 1 N–H and O–H groups in total. The van der Waals surface area contributed by atoms with Crippen molar-refractivity contribution in [1.29, 1.82) is 10.5 Å². The first-order chi connectivity index (χ1) is 10.3. The van der Waals surface area contributed by atoms with E-state index in [2.05, 4.69) is 17.5 Å². The molecule has 0 bridgehead atoms. The third-order valence-corrected chi connectivity index (χ3v) is 2.88. The summed E-state index contributed by atoms with van der Waals surface area (Å²) >= 11 is 0. The summed E-state index contributed by atoms with van der Waals surface area (Å²) in [6.07, 6.45) is 0.938. The fraction of sp³-hybridized carbons (Fsp3) is 0.176. The molecule has 0 aliphatic rings. The molecule has 4 heteroatoms. The Morgan fingerprint density at radius 2 is 1.71 bits per heavy atom. The van der Waals surface area contributed by atoms with Crippen LogP contribution in [0, 0.1) is 22.7 Å². The molecule has 0 saturated carbocycles. The number of ether oxygens (including phenoxy) is 1. The van der Waals surface area contributed by atoms with Crippen LogP contribution < -0.4 is 10.1 Å². The van der Waals surface area contributed by atoms with Gasteiger partial charge in [0.25, 0.3) is 0 Å². The minimum Gasteiger partial charge on any atom is -0.494 e. The van der Waals surface area contributed by atoms with Crippen LogP contribution in [-0.2, 0) is 0 Å². The highest BCUT2D eigenvalue weighted by Crippen LogP contribution is 2.26. The van der Waals surface area contributed by atoms with Gasteiger partial charge in [0.1, 0.15) is 17.9 Å². The maximum atomic E-state index is 9.16. The van der Waals surface area contributed by atoms with Crippen LogP contribution in [0.1, 0.15) is 24.5 Å². The van der Waals surface area contributed by atoms with Gasteiger partial charge >= 0.3 is 0 Å². The average Bonchev–Trinajstić information content (AvgIpc) is 2.53. The van der Waals surface area contributed by atoms with Crippen molar-refractivity contribution in [2.45, 2.75) is 13.3 Å². The zero-order chi connectivity index (χ0) is 15.1. The first-order valence-electron chi connectivity index (χ1n) is 6.71. The predicted octanol–water partition coefficient (Wildman–Crippen LogP) is 3.96. The van der Waals surface area contributed by atoms with Crippen molar-refractivity contribution >= 4 is 11.4 Å². The van der Waals surface area contributed by atoms with Gasteiger partial charge in [0, 0.05) is 11.8 Å². The standard InChI is InChI=1S/C17H15N3O/c1-2-9-21-16-8-4-7-15(10-16)20-17-13(11-18)5-3-6-14(17)12-19/h3-8,10,20H,2,9H2,1H3. The summed E-state index contributed by atoms with van der Waals surface area (Å²) in [4.78, 5) is 0. The number of hydrogen-bond donors (Lipinski definition) is 1. The first-order valence-corrected chi connectivity index (χ1v) is 6.71. The molecule has 0 spiro atoms. The molecule has 0 heterocycles. The summed E-state index contributed by atoms with van der Waals surface area (Å²) in [7, 11) is 0. The molecule has 0 fully saturated rings. The molecule has 0 radical (unpaired) electrons. The van der Waals surface area contributed by atoms with Gasteiger partial charge in [-0.3, -0.25) is 0 Å². The van der Waals surface area contributed by atoms with Crippen LogP contribution in [0.15, 0.2) is 42.5 Å². The SMILES string of the molecule is CCCOc1cccc(Nc2c(C#N)cccc2C#N)c1. The molecule has 0 amide bonds. The Morgan fingerprint density at radius 3 is 2.33 bits per heavy atom. The molecule has 4 nitrogen and oxygen atoms in total. The molecule has 104 valence electrons. The molecule has 0 atom stereocenters. The second-order valence-corrected chi connectivity index (χ2v) is 4.45. The Morgan fingerprint density at radius 1 is 1.05 bits per heavy atom. The summed E-state index contributed by atoms with van der Waals surface area (Å²) in [6.45, 7) is 2.70. The number of nitrogens with zero attached hydrogens (tertiary/aromatic N) is 2. The van der Waals surface area contributed by atoms with Crippen molar-refractivity contribution in [2.24, 2.45) is 0 Å². The highest BCUT2D eigenvalue weighted by molar-refractivity contribution is 5.73. The lowest BCUT2D eigenvalue weighted by Crippen LogP contribution is -1.99. The Kier molecular flexibility index (Phi) is 4.79. The van der Waals surface area contributed by atoms with E-state index in [1.807, 2.05) is 31.2 Å². The highest BCUT2D eigenvalue weighted by atomic mass is 16.5. The summed E-state index contributed by atoms with van der Waals surface area (Å²) in [5.41, 5.74) is 2.18. The van der Waals surface area contributed by atoms with Gasteiger partial charge in [-0.1, -0.05) is 19.1 Å². The number of benzene rings is 2. The molecule has 2 rings (SSSR count). The van der Waals surface area contributed by atoms with Crippen molar-refractivity contribution in [1.82, 2.24) is 0 Å². The molecule has 2 aromatic carbocycles. The Bertz CT molecular complexity index is 678. The van der Waals surface area contributed by atoms with E-state index in [0.29, 0.717) is 23.4 Å². The fourth-order valence-corrected chi connectivity index (χ4v) is 1.90. The van der Waals surface area contributed by atoms with E-state index in [1.165, 1.54) is 0 Å². The lowest BCUT2D eigenvalue weighted by molar-refractivity contribution is 0.317. The fourth-order valence-electron chi connectivity index (χ4n) is 1.90. The summed E-state index contributed by atoms with van der Waals surface area (Å²) < 4.78 is 5.58. The van der Waals surface area contributed by atoms with E-state index >= 15 is 0 Å². The maximum Gasteiger partial charge on any atom is 0.121 e. The summed E-state index contributed by atoms with van der Waals surface area (Å²) in [6, 6.07) is 16.7. The lowest BCUT2D eigenvalue weighted by Gasteiger charge is -2.11. The van der Waals surface area contributed by atoms with Crippen LogP contribution in [0.4, 0.5) is 11.4 Å². The molecule has 0 aromatic heterocycles. The van der Waals surface area contributed by atoms with Crippen molar-refractivity contribution in [3.63, 3.8) is 0 Å². The maximum absolute atomic E-state index is 9.16. The third kappa shape index (κ3) is 3.52. The van der Waals surface area contributed by atoms with E-state index < -0.39 is 0 Å². The van der Waals surface area contributed by atoms with E-state index in [9.17, 15) is 0 Å². The smallest absolute Gasteiger partial charge is 0.121 e. The molecule has 0 aliphatic heterocycles. The van der Waals surface area contributed by atoms with Crippen molar-refractivity contribution < 1.29 is 4.74 Å². The first kappa shape index (κ1) is 14.4. The predicted molar refractivity (Wildman–Crippen MR) is 81.4 cm³/mol. The number of rotatable bonds is 5. The van der Waals surface area contributed by atoms with Crippen LogP contribution in [-0.4, -0.2) is 6.61 Å². The van der Waals surface area contributed by atoms with Gasteiger partial charge in [-0.05, 0) is 30.7 Å². The normalized spacial score (nSPS) is 9.48. The zero-order valence-electron chi connectivity index (χ0n) is 11.8. The highest BCUT2D eigenvalue weighted by Gasteiger charge is 2.08. The quantitative estimate of drug-likeness (QED) is 0.898. The van der Waals surface area contributed by atoms with Gasteiger partial charge in [0.2, 0.25) is 0 Å². The van der Waals surface area contributed by atoms with Crippen LogP contribution in [0.5, 0.6) is 5.75 Å². The third-order valence-electron chi connectivity index (χ3n) is 2.88. The molecular weight excluding hydrogens is 262 g/mol. The Hall–Kier alpha value is -2.98. The molecule has 0 saturated heterocycles. The Labute approximate surface area is 124 Å². The second kappa shape index (κ2) is 6.98. The molecule has 0 unspecified atom stereocenters. The van der Waals surface area contributed by atoms with Gasteiger partial charge in [-0.15, -0.1) is 0 Å². The van der Waals surface area contributed by atoms with Crippen molar-refractivity contribution in [2.75, 3.05) is 11.9 Å². The van der Waals surface area contributed by atoms with Gasteiger partial charge < -0.3 is 10.1 Å². The van der Waals surface area contributed by atoms with Gasteiger partial charge in [-0.25, -0.2) is 0 Å². The van der Waals surface area contributed by atoms with E-state index in [-0.39, 0.29) is 0 Å². The second-order valence-electron chi connectivity index (χ2n) is 4.45. The average molecular weight is 277 g/mol. The van der Waals surface area contributed by atoms with Crippen molar-refractivity contribution in [3.8, 4) is 17.9 Å². The number of hydrogen-bond acceptors (Lipinski definition) is 4. The minimum atomic E-state index is 0.439. The van der Waals surface area contributed by atoms with Crippen molar-refractivity contribution in [3.05, 3.63) is 53.6 Å². The molecule has 0 aliphatic carbocycles. The van der Waals surface area contributed by atoms with E-state index in [1.54, 1.807) is 18.2 Å². The van der Waals surface area contributed by atoms with Crippen LogP contribution >= 0.6 is 0 Å². The van der Waals surface area contributed by atoms with Gasteiger partial charge in [0.15, 0.2) is 0 Å².